The molecule has 0 spiro atoms. The molecule has 5 heteroatoms. The van der Waals surface area contributed by atoms with E-state index >= 15 is 0 Å². The van der Waals surface area contributed by atoms with Gasteiger partial charge in [-0.25, -0.2) is 9.97 Å². The first-order chi connectivity index (χ1) is 9.22. The van der Waals surface area contributed by atoms with Crippen molar-refractivity contribution in [2.24, 2.45) is 0 Å². The summed E-state index contributed by atoms with van der Waals surface area (Å²) in [5.41, 5.74) is 7.01. The molecule has 1 saturated carbocycles. The van der Waals surface area contributed by atoms with E-state index in [4.69, 9.17) is 5.73 Å². The van der Waals surface area contributed by atoms with Crippen molar-refractivity contribution in [3.05, 3.63) is 42.0 Å². The van der Waals surface area contributed by atoms with Gasteiger partial charge >= 0.3 is 0 Å². The zero-order chi connectivity index (χ0) is 13.2. The Labute approximate surface area is 112 Å². The molecule has 0 saturated heterocycles. The van der Waals surface area contributed by atoms with E-state index in [9.17, 15) is 0 Å². The lowest BCUT2D eigenvalue weighted by Gasteiger charge is -2.19. The molecule has 3 rings (SSSR count). The van der Waals surface area contributed by atoms with Gasteiger partial charge in [0.25, 0.3) is 0 Å². The third-order valence-corrected chi connectivity index (χ3v) is 3.23. The maximum Gasteiger partial charge on any atom is 0.136 e. The van der Waals surface area contributed by atoms with Crippen molar-refractivity contribution >= 4 is 11.6 Å². The Balaban J connectivity index is 1.81. The van der Waals surface area contributed by atoms with Gasteiger partial charge in [0.15, 0.2) is 0 Å². The van der Waals surface area contributed by atoms with Gasteiger partial charge in [0, 0.05) is 38.0 Å². The zero-order valence-electron chi connectivity index (χ0n) is 11.0. The Kier molecular flexibility index (Phi) is 3.03. The van der Waals surface area contributed by atoms with Crippen molar-refractivity contribution in [1.82, 2.24) is 15.0 Å². The molecule has 2 N–H and O–H groups in total. The van der Waals surface area contributed by atoms with Crippen LogP contribution in [0.25, 0.3) is 0 Å². The van der Waals surface area contributed by atoms with Crippen molar-refractivity contribution in [2.45, 2.75) is 25.3 Å². The minimum absolute atomic E-state index is 0.508. The first kappa shape index (κ1) is 11.9. The summed E-state index contributed by atoms with van der Waals surface area (Å²) in [4.78, 5) is 15.1. The molecule has 1 fully saturated rings. The van der Waals surface area contributed by atoms with Crippen molar-refractivity contribution in [2.75, 3.05) is 17.7 Å². The van der Waals surface area contributed by atoms with Crippen LogP contribution in [0, 0.1) is 0 Å². The molecule has 98 valence electrons. The normalized spacial score (nSPS) is 14.4. The van der Waals surface area contributed by atoms with Crippen LogP contribution in [0.4, 0.5) is 11.6 Å². The number of nitrogen functional groups attached to an aromatic ring is 1. The van der Waals surface area contributed by atoms with E-state index in [1.54, 1.807) is 6.20 Å². The standard InChI is InChI=1S/C14H17N5/c1-19(9-10-3-2-6-16-8-10)13-7-12(15)17-14(18-13)11-4-5-11/h2-3,6-8,11H,4-5,9H2,1H3,(H2,15,17,18). The van der Waals surface area contributed by atoms with Gasteiger partial charge in [-0.05, 0) is 24.5 Å². The Bertz CT molecular complexity index is 565. The number of anilines is 2. The van der Waals surface area contributed by atoms with Crippen LogP contribution in [0.1, 0.15) is 30.1 Å². The third-order valence-electron chi connectivity index (χ3n) is 3.23. The highest BCUT2D eigenvalue weighted by molar-refractivity contribution is 5.47. The highest BCUT2D eigenvalue weighted by Crippen LogP contribution is 2.38. The van der Waals surface area contributed by atoms with Crippen molar-refractivity contribution in [3.63, 3.8) is 0 Å². The molecule has 2 heterocycles. The fraction of sp³-hybridized carbons (Fsp3) is 0.357. The van der Waals surface area contributed by atoms with Gasteiger partial charge in [-0.2, -0.15) is 0 Å². The predicted molar refractivity (Wildman–Crippen MR) is 74.8 cm³/mol. The van der Waals surface area contributed by atoms with Crippen molar-refractivity contribution in [3.8, 4) is 0 Å². The lowest BCUT2D eigenvalue weighted by molar-refractivity contribution is 0.854. The fourth-order valence-electron chi connectivity index (χ4n) is 2.04. The minimum atomic E-state index is 0.508. The van der Waals surface area contributed by atoms with Crippen molar-refractivity contribution < 1.29 is 0 Å². The van der Waals surface area contributed by atoms with Gasteiger partial charge in [-0.15, -0.1) is 0 Å². The lowest BCUT2D eigenvalue weighted by Crippen LogP contribution is -2.19. The molecule has 2 aromatic rings. The van der Waals surface area contributed by atoms with E-state index in [1.165, 1.54) is 12.8 Å². The van der Waals surface area contributed by atoms with Crippen molar-refractivity contribution in [1.29, 1.82) is 0 Å². The average Bonchev–Trinajstić information content (AvgIpc) is 3.23. The molecule has 2 aromatic heterocycles. The lowest BCUT2D eigenvalue weighted by atomic mass is 10.2. The van der Waals surface area contributed by atoms with E-state index in [2.05, 4.69) is 25.9 Å². The van der Waals surface area contributed by atoms with Gasteiger partial charge in [0.2, 0.25) is 0 Å². The second kappa shape index (κ2) is 4.84. The van der Waals surface area contributed by atoms with E-state index in [1.807, 2.05) is 25.4 Å². The maximum atomic E-state index is 5.87. The molecule has 0 atom stereocenters. The summed E-state index contributed by atoms with van der Waals surface area (Å²) in [6, 6.07) is 5.81. The number of nitrogens with two attached hydrogens (primary N) is 1. The minimum Gasteiger partial charge on any atom is -0.384 e. The summed E-state index contributed by atoms with van der Waals surface area (Å²) < 4.78 is 0. The summed E-state index contributed by atoms with van der Waals surface area (Å²) in [5, 5.41) is 0. The average molecular weight is 255 g/mol. The van der Waals surface area contributed by atoms with Crippen LogP contribution in [-0.4, -0.2) is 22.0 Å². The molecule has 0 radical (unpaired) electrons. The molecule has 1 aliphatic rings. The van der Waals surface area contributed by atoms with E-state index in [0.717, 1.165) is 23.8 Å². The smallest absolute Gasteiger partial charge is 0.136 e. The predicted octanol–water partition coefficient (Wildman–Crippen LogP) is 1.97. The zero-order valence-corrected chi connectivity index (χ0v) is 11.0. The topological polar surface area (TPSA) is 67.9 Å². The summed E-state index contributed by atoms with van der Waals surface area (Å²) in [6.45, 7) is 0.758. The highest BCUT2D eigenvalue weighted by Gasteiger charge is 2.27. The van der Waals surface area contributed by atoms with Crippen LogP contribution in [0.3, 0.4) is 0 Å². The van der Waals surface area contributed by atoms with Crippen LogP contribution in [0.5, 0.6) is 0 Å². The number of hydrogen-bond donors (Lipinski definition) is 1. The van der Waals surface area contributed by atoms with Crippen LogP contribution < -0.4 is 10.6 Å². The Morgan fingerprint density at radius 1 is 1.37 bits per heavy atom. The van der Waals surface area contributed by atoms with Gasteiger partial charge in [0.05, 0.1) is 0 Å². The Morgan fingerprint density at radius 2 is 2.21 bits per heavy atom. The molecule has 0 aromatic carbocycles. The largest absolute Gasteiger partial charge is 0.384 e. The van der Waals surface area contributed by atoms with Crippen LogP contribution >= 0.6 is 0 Å². The number of nitrogens with zero attached hydrogens (tertiary/aromatic N) is 4. The molecular weight excluding hydrogens is 238 g/mol. The Morgan fingerprint density at radius 3 is 2.89 bits per heavy atom. The van der Waals surface area contributed by atoms with Crippen LogP contribution in [0.15, 0.2) is 30.6 Å². The first-order valence-corrected chi connectivity index (χ1v) is 6.47. The molecule has 5 nitrogen and oxygen atoms in total. The molecule has 0 aliphatic heterocycles. The number of hydrogen-bond acceptors (Lipinski definition) is 5. The van der Waals surface area contributed by atoms with E-state index < -0.39 is 0 Å². The molecule has 1 aliphatic carbocycles. The maximum absolute atomic E-state index is 5.87. The second-order valence-electron chi connectivity index (χ2n) is 5.00. The first-order valence-electron chi connectivity index (χ1n) is 6.47. The quantitative estimate of drug-likeness (QED) is 0.904. The molecule has 19 heavy (non-hydrogen) atoms. The van der Waals surface area contributed by atoms with Crippen LogP contribution in [0.2, 0.25) is 0 Å². The molecule has 0 bridgehead atoms. The Hall–Kier alpha value is -2.17. The number of aromatic nitrogens is 3. The van der Waals surface area contributed by atoms with Gasteiger partial charge in [0.1, 0.15) is 17.5 Å². The monoisotopic (exact) mass is 255 g/mol. The molecular formula is C14H17N5. The van der Waals surface area contributed by atoms with E-state index in [0.29, 0.717) is 11.7 Å². The van der Waals surface area contributed by atoms with Crippen LogP contribution in [-0.2, 0) is 6.54 Å². The molecule has 0 amide bonds. The van der Waals surface area contributed by atoms with Gasteiger partial charge < -0.3 is 10.6 Å². The number of pyridine rings is 1. The molecule has 0 unspecified atom stereocenters. The van der Waals surface area contributed by atoms with Gasteiger partial charge in [-0.1, -0.05) is 6.07 Å². The summed E-state index contributed by atoms with van der Waals surface area (Å²) in [6.07, 6.45) is 5.99. The summed E-state index contributed by atoms with van der Waals surface area (Å²) >= 11 is 0. The second-order valence-corrected chi connectivity index (χ2v) is 5.00. The van der Waals surface area contributed by atoms with Gasteiger partial charge in [-0.3, -0.25) is 4.98 Å². The SMILES string of the molecule is CN(Cc1cccnc1)c1cc(N)nc(C2CC2)n1. The number of rotatable bonds is 4. The fourth-order valence-corrected chi connectivity index (χ4v) is 2.04. The highest BCUT2D eigenvalue weighted by atomic mass is 15.2. The third kappa shape index (κ3) is 2.81. The summed E-state index contributed by atoms with van der Waals surface area (Å²) in [5.74, 6) is 2.81. The summed E-state index contributed by atoms with van der Waals surface area (Å²) in [7, 11) is 2.01. The van der Waals surface area contributed by atoms with E-state index in [-0.39, 0.29) is 0 Å².